The Morgan fingerprint density at radius 1 is 1.25 bits per heavy atom. The lowest BCUT2D eigenvalue weighted by Crippen LogP contribution is -2.22. The molecule has 28 heavy (non-hydrogen) atoms. The Bertz CT molecular complexity index is 1130. The van der Waals surface area contributed by atoms with E-state index in [0.29, 0.717) is 16.4 Å². The zero-order chi connectivity index (χ0) is 20.1. The Hall–Kier alpha value is -2.70. The third kappa shape index (κ3) is 4.77. The standard InChI is InChI=1S/C21H19ClN2O3S/c1-3-27-20(26)13-24-17-10-8-14(2)12-18(17)28-21(24)23-19(25)11-9-15-6-4-5-7-16(15)22/h4-12H,3,13H2,1-2H3. The monoisotopic (exact) mass is 414 g/mol. The van der Waals surface area contributed by atoms with Gasteiger partial charge in [-0.1, -0.05) is 47.2 Å². The first-order chi connectivity index (χ1) is 13.5. The number of nitrogens with zero attached hydrogens (tertiary/aromatic N) is 2. The molecule has 1 amide bonds. The van der Waals surface area contributed by atoms with E-state index in [4.69, 9.17) is 16.3 Å². The number of rotatable bonds is 5. The van der Waals surface area contributed by atoms with Crippen molar-refractivity contribution < 1.29 is 14.3 Å². The lowest BCUT2D eigenvalue weighted by Gasteiger charge is -2.05. The number of carbonyl (C=O) groups excluding carboxylic acids is 2. The van der Waals surface area contributed by atoms with Crippen LogP contribution in [-0.4, -0.2) is 23.1 Å². The van der Waals surface area contributed by atoms with Crippen LogP contribution in [0.4, 0.5) is 0 Å². The highest BCUT2D eigenvalue weighted by molar-refractivity contribution is 7.16. The molecular weight excluding hydrogens is 396 g/mol. The molecule has 1 aromatic heterocycles. The van der Waals surface area contributed by atoms with E-state index >= 15 is 0 Å². The predicted molar refractivity (Wildman–Crippen MR) is 112 cm³/mol. The van der Waals surface area contributed by atoms with Crippen molar-refractivity contribution in [3.05, 3.63) is 69.5 Å². The minimum atomic E-state index is -0.430. The van der Waals surface area contributed by atoms with E-state index in [0.717, 1.165) is 21.3 Å². The van der Waals surface area contributed by atoms with Crippen LogP contribution >= 0.6 is 22.9 Å². The number of hydrogen-bond donors (Lipinski definition) is 0. The molecular formula is C21H19ClN2O3S. The van der Waals surface area contributed by atoms with Crippen LogP contribution in [0.1, 0.15) is 18.1 Å². The van der Waals surface area contributed by atoms with Crippen LogP contribution in [0.2, 0.25) is 5.02 Å². The number of thiazole rings is 1. The molecule has 1 heterocycles. The average molecular weight is 415 g/mol. The van der Waals surface area contributed by atoms with E-state index in [9.17, 15) is 9.59 Å². The first kappa shape index (κ1) is 20.0. The molecule has 0 aliphatic carbocycles. The molecule has 2 aromatic carbocycles. The third-order valence-electron chi connectivity index (χ3n) is 3.95. The number of hydrogen-bond acceptors (Lipinski definition) is 4. The summed E-state index contributed by atoms with van der Waals surface area (Å²) in [6.45, 7) is 4.04. The summed E-state index contributed by atoms with van der Waals surface area (Å²) in [5.41, 5.74) is 2.66. The Balaban J connectivity index is 1.99. The van der Waals surface area contributed by atoms with Crippen LogP contribution < -0.4 is 4.80 Å². The molecule has 5 nitrogen and oxygen atoms in total. The van der Waals surface area contributed by atoms with Gasteiger partial charge in [0.15, 0.2) is 4.80 Å². The maximum Gasteiger partial charge on any atom is 0.326 e. The zero-order valence-electron chi connectivity index (χ0n) is 15.5. The van der Waals surface area contributed by atoms with Crippen LogP contribution in [0.5, 0.6) is 0 Å². The summed E-state index contributed by atoms with van der Waals surface area (Å²) in [5, 5.41) is 0.557. The molecule has 0 atom stereocenters. The fourth-order valence-corrected chi connectivity index (χ4v) is 3.99. The smallest absolute Gasteiger partial charge is 0.326 e. The molecule has 0 spiro atoms. The Morgan fingerprint density at radius 3 is 2.79 bits per heavy atom. The Morgan fingerprint density at radius 2 is 2.04 bits per heavy atom. The summed E-state index contributed by atoms with van der Waals surface area (Å²) in [6, 6.07) is 13.1. The minimum absolute atomic E-state index is 0.00274. The number of benzene rings is 2. The van der Waals surface area contributed by atoms with Crippen molar-refractivity contribution in [1.29, 1.82) is 0 Å². The van der Waals surface area contributed by atoms with Crippen LogP contribution in [0.3, 0.4) is 0 Å². The van der Waals surface area contributed by atoms with Gasteiger partial charge in [0.05, 0.1) is 16.8 Å². The second-order valence-corrected chi connectivity index (χ2v) is 7.47. The van der Waals surface area contributed by atoms with Crippen molar-refractivity contribution in [2.24, 2.45) is 4.99 Å². The highest BCUT2D eigenvalue weighted by atomic mass is 35.5. The summed E-state index contributed by atoms with van der Waals surface area (Å²) in [7, 11) is 0. The second-order valence-electron chi connectivity index (χ2n) is 6.05. The first-order valence-electron chi connectivity index (χ1n) is 8.75. The van der Waals surface area contributed by atoms with Crippen molar-refractivity contribution in [2.45, 2.75) is 20.4 Å². The van der Waals surface area contributed by atoms with E-state index in [2.05, 4.69) is 4.99 Å². The molecule has 7 heteroatoms. The van der Waals surface area contributed by atoms with E-state index < -0.39 is 5.91 Å². The molecule has 0 aliphatic rings. The number of fused-ring (bicyclic) bond motifs is 1. The van der Waals surface area contributed by atoms with Crippen LogP contribution in [0, 0.1) is 6.92 Å². The first-order valence-corrected chi connectivity index (χ1v) is 9.94. The van der Waals surface area contributed by atoms with E-state index in [1.807, 2.05) is 43.3 Å². The molecule has 0 radical (unpaired) electrons. The lowest BCUT2D eigenvalue weighted by molar-refractivity contribution is -0.143. The molecule has 0 bridgehead atoms. The van der Waals surface area contributed by atoms with Gasteiger partial charge in [0.25, 0.3) is 5.91 Å². The molecule has 0 fully saturated rings. The highest BCUT2D eigenvalue weighted by Gasteiger charge is 2.12. The lowest BCUT2D eigenvalue weighted by atomic mass is 10.2. The number of carbonyl (C=O) groups is 2. The summed E-state index contributed by atoms with van der Waals surface area (Å²) in [6.07, 6.45) is 2.99. The zero-order valence-corrected chi connectivity index (χ0v) is 17.1. The topological polar surface area (TPSA) is 60.7 Å². The van der Waals surface area contributed by atoms with Gasteiger partial charge in [0.1, 0.15) is 6.54 Å². The summed E-state index contributed by atoms with van der Waals surface area (Å²) < 4.78 is 7.71. The van der Waals surface area contributed by atoms with Crippen molar-refractivity contribution >= 4 is 51.1 Å². The van der Waals surface area contributed by atoms with E-state index in [1.54, 1.807) is 23.6 Å². The van der Waals surface area contributed by atoms with Crippen molar-refractivity contribution in [3.8, 4) is 0 Å². The molecule has 3 aromatic rings. The quantitative estimate of drug-likeness (QED) is 0.460. The Labute approximate surface area is 171 Å². The molecule has 3 rings (SSSR count). The van der Waals surface area contributed by atoms with Gasteiger partial charge in [0, 0.05) is 11.1 Å². The van der Waals surface area contributed by atoms with Gasteiger partial charge in [-0.05, 0) is 49.2 Å². The van der Waals surface area contributed by atoms with Crippen molar-refractivity contribution in [1.82, 2.24) is 4.57 Å². The molecule has 0 saturated heterocycles. The van der Waals surface area contributed by atoms with Gasteiger partial charge in [-0.2, -0.15) is 4.99 Å². The van der Waals surface area contributed by atoms with Gasteiger partial charge in [-0.3, -0.25) is 9.59 Å². The average Bonchev–Trinajstić information content (AvgIpc) is 2.97. The number of amides is 1. The molecule has 0 aliphatic heterocycles. The SMILES string of the molecule is CCOC(=O)Cn1c(=NC(=O)C=Cc2ccccc2Cl)sc2cc(C)ccc21. The molecule has 0 saturated carbocycles. The number of esters is 1. The van der Waals surface area contributed by atoms with Crippen molar-refractivity contribution in [2.75, 3.05) is 6.61 Å². The van der Waals surface area contributed by atoms with Crippen molar-refractivity contribution in [3.63, 3.8) is 0 Å². The maximum atomic E-state index is 12.4. The Kier molecular flexibility index (Phi) is 6.44. The third-order valence-corrected chi connectivity index (χ3v) is 5.33. The number of halogens is 1. The van der Waals surface area contributed by atoms with Gasteiger partial charge < -0.3 is 9.30 Å². The summed E-state index contributed by atoms with van der Waals surface area (Å²) in [5.74, 6) is -0.802. The molecule has 144 valence electrons. The van der Waals surface area contributed by atoms with Gasteiger partial charge >= 0.3 is 5.97 Å². The fraction of sp³-hybridized carbons (Fsp3) is 0.190. The summed E-state index contributed by atoms with van der Waals surface area (Å²) in [4.78, 5) is 29.0. The normalized spacial score (nSPS) is 12.0. The fourth-order valence-electron chi connectivity index (χ4n) is 2.66. The van der Waals surface area contributed by atoms with E-state index in [-0.39, 0.29) is 12.5 Å². The molecule has 0 N–H and O–H groups in total. The van der Waals surface area contributed by atoms with Gasteiger partial charge in [0.2, 0.25) is 0 Å². The predicted octanol–water partition coefficient (Wildman–Crippen LogP) is 4.37. The number of ether oxygens (including phenoxy) is 1. The number of aromatic nitrogens is 1. The minimum Gasteiger partial charge on any atom is -0.465 e. The maximum absolute atomic E-state index is 12.4. The van der Waals surface area contributed by atoms with Crippen LogP contribution in [-0.2, 0) is 20.9 Å². The van der Waals surface area contributed by atoms with Gasteiger partial charge in [-0.15, -0.1) is 0 Å². The van der Waals surface area contributed by atoms with E-state index in [1.165, 1.54) is 17.4 Å². The number of aryl methyl sites for hydroxylation is 1. The van der Waals surface area contributed by atoms with Gasteiger partial charge in [-0.25, -0.2) is 0 Å². The van der Waals surface area contributed by atoms with Crippen LogP contribution in [0.15, 0.2) is 53.5 Å². The largest absolute Gasteiger partial charge is 0.465 e. The second kappa shape index (κ2) is 8.99. The molecule has 0 unspecified atom stereocenters. The highest BCUT2D eigenvalue weighted by Crippen LogP contribution is 2.19. The van der Waals surface area contributed by atoms with Crippen LogP contribution in [0.25, 0.3) is 16.3 Å². The summed E-state index contributed by atoms with van der Waals surface area (Å²) >= 11 is 7.46.